The van der Waals surface area contributed by atoms with Crippen LogP contribution in [-0.2, 0) is 16.6 Å². The Balaban J connectivity index is 1.47. The van der Waals surface area contributed by atoms with Crippen molar-refractivity contribution in [2.75, 3.05) is 30.0 Å². The van der Waals surface area contributed by atoms with Crippen molar-refractivity contribution in [1.29, 1.82) is 0 Å². The van der Waals surface area contributed by atoms with Gasteiger partial charge in [-0.05, 0) is 42.8 Å². The average Bonchev–Trinajstić information content (AvgIpc) is 3.11. The predicted molar refractivity (Wildman–Crippen MR) is 111 cm³/mol. The largest absolute Gasteiger partial charge is 0.370 e. The third kappa shape index (κ3) is 4.05. The number of nitrogens with zero attached hydrogens (tertiary/aromatic N) is 3. The monoisotopic (exact) mass is 390 g/mol. The molecule has 148 valence electrons. The van der Waals surface area contributed by atoms with Crippen molar-refractivity contribution in [3.8, 4) is 11.3 Å². The summed E-state index contributed by atoms with van der Waals surface area (Å²) in [6, 6.07) is 17.1. The van der Waals surface area contributed by atoms with Gasteiger partial charge in [-0.25, -0.2) is 0 Å². The van der Waals surface area contributed by atoms with Crippen LogP contribution in [0.25, 0.3) is 11.3 Å². The first-order chi connectivity index (χ1) is 14.0. The van der Waals surface area contributed by atoms with Gasteiger partial charge in [-0.15, -0.1) is 0 Å². The number of nitrogens with one attached hydrogen (secondary N) is 1. The van der Waals surface area contributed by atoms with Crippen molar-refractivity contribution >= 4 is 23.2 Å². The van der Waals surface area contributed by atoms with Gasteiger partial charge in [-0.3, -0.25) is 14.3 Å². The number of hydrogen-bond acceptors (Lipinski definition) is 4. The highest BCUT2D eigenvalue weighted by atomic mass is 16.5. The van der Waals surface area contributed by atoms with Crippen LogP contribution in [0.4, 0.5) is 11.4 Å². The molecule has 0 radical (unpaired) electrons. The van der Waals surface area contributed by atoms with Crippen LogP contribution in [0, 0.1) is 6.92 Å². The fourth-order valence-corrected chi connectivity index (χ4v) is 3.28. The van der Waals surface area contributed by atoms with E-state index in [0.29, 0.717) is 24.5 Å². The highest BCUT2D eigenvalue weighted by molar-refractivity contribution is 6.03. The number of carbonyl (C=O) groups excluding carboxylic acids is 2. The zero-order chi connectivity index (χ0) is 20.4. The highest BCUT2D eigenvalue weighted by Gasteiger charge is 2.20. The summed E-state index contributed by atoms with van der Waals surface area (Å²) in [5.41, 5.74) is 4.82. The average molecular weight is 390 g/mol. The van der Waals surface area contributed by atoms with Crippen LogP contribution in [-0.4, -0.2) is 41.4 Å². The molecular formula is C22H22N4O3. The van der Waals surface area contributed by atoms with Gasteiger partial charge < -0.3 is 15.0 Å². The number of morpholine rings is 1. The number of ether oxygens (including phenoxy) is 1. The molecule has 0 unspecified atom stereocenters. The summed E-state index contributed by atoms with van der Waals surface area (Å²) in [5.74, 6) is -0.348. The third-order valence-corrected chi connectivity index (χ3v) is 4.88. The lowest BCUT2D eigenvalue weighted by Gasteiger charge is -2.26. The van der Waals surface area contributed by atoms with Gasteiger partial charge in [0.05, 0.1) is 12.3 Å². The lowest BCUT2D eigenvalue weighted by molar-refractivity contribution is -0.125. The molecule has 2 heterocycles. The van der Waals surface area contributed by atoms with Crippen LogP contribution in [0.2, 0.25) is 0 Å². The molecule has 0 spiro atoms. The van der Waals surface area contributed by atoms with Gasteiger partial charge >= 0.3 is 0 Å². The Kier molecular flexibility index (Phi) is 5.14. The van der Waals surface area contributed by atoms with E-state index in [1.807, 2.05) is 50.4 Å². The molecule has 7 nitrogen and oxygen atoms in total. The minimum atomic E-state index is -0.283. The number of anilines is 2. The molecule has 1 N–H and O–H groups in total. The first-order valence-electron chi connectivity index (χ1n) is 9.42. The Labute approximate surface area is 168 Å². The molecule has 0 bridgehead atoms. The predicted octanol–water partition coefficient (Wildman–Crippen LogP) is 3.01. The molecule has 2 amide bonds. The van der Waals surface area contributed by atoms with Crippen molar-refractivity contribution < 1.29 is 14.3 Å². The second kappa shape index (κ2) is 7.89. The fraction of sp³-hybridized carbons (Fsp3) is 0.227. The van der Waals surface area contributed by atoms with E-state index in [1.165, 1.54) is 5.56 Å². The van der Waals surface area contributed by atoms with Crippen LogP contribution in [0.15, 0.2) is 54.6 Å². The number of hydrogen-bond donors (Lipinski definition) is 1. The fourth-order valence-electron chi connectivity index (χ4n) is 3.28. The Morgan fingerprint density at radius 3 is 2.52 bits per heavy atom. The van der Waals surface area contributed by atoms with Gasteiger partial charge in [0.15, 0.2) is 5.69 Å². The van der Waals surface area contributed by atoms with Crippen LogP contribution < -0.4 is 10.2 Å². The third-order valence-electron chi connectivity index (χ3n) is 4.88. The number of aromatic nitrogens is 2. The molecule has 0 saturated carbocycles. The maximum Gasteiger partial charge on any atom is 0.276 e. The number of rotatable bonds is 4. The topological polar surface area (TPSA) is 76.5 Å². The Bertz CT molecular complexity index is 1040. The summed E-state index contributed by atoms with van der Waals surface area (Å²) in [4.78, 5) is 26.3. The first-order valence-corrected chi connectivity index (χ1v) is 9.42. The second-order valence-corrected chi connectivity index (χ2v) is 7.00. The molecule has 0 aliphatic carbocycles. The van der Waals surface area contributed by atoms with Crippen molar-refractivity contribution in [3.63, 3.8) is 0 Å². The molecule has 1 aliphatic rings. The number of aryl methyl sites for hydroxylation is 2. The van der Waals surface area contributed by atoms with E-state index in [4.69, 9.17) is 4.74 Å². The van der Waals surface area contributed by atoms with E-state index in [2.05, 4.69) is 10.4 Å². The molecule has 3 aromatic rings. The van der Waals surface area contributed by atoms with Gasteiger partial charge in [-0.2, -0.15) is 5.10 Å². The normalized spacial score (nSPS) is 14.1. The van der Waals surface area contributed by atoms with Gasteiger partial charge in [-0.1, -0.05) is 29.8 Å². The molecular weight excluding hydrogens is 368 g/mol. The zero-order valence-corrected chi connectivity index (χ0v) is 16.4. The van der Waals surface area contributed by atoms with E-state index in [9.17, 15) is 9.59 Å². The number of benzene rings is 2. The van der Waals surface area contributed by atoms with Crippen LogP contribution in [0.1, 0.15) is 16.1 Å². The van der Waals surface area contributed by atoms with Gasteiger partial charge in [0.2, 0.25) is 0 Å². The van der Waals surface area contributed by atoms with Gasteiger partial charge in [0.1, 0.15) is 6.61 Å². The van der Waals surface area contributed by atoms with Crippen LogP contribution in [0.3, 0.4) is 0 Å². The van der Waals surface area contributed by atoms with Crippen molar-refractivity contribution in [3.05, 3.63) is 65.9 Å². The summed E-state index contributed by atoms with van der Waals surface area (Å²) < 4.78 is 6.85. The molecule has 1 aliphatic heterocycles. The number of amides is 2. The first kappa shape index (κ1) is 18.9. The molecule has 0 atom stereocenters. The maximum absolute atomic E-state index is 12.6. The van der Waals surface area contributed by atoms with E-state index < -0.39 is 0 Å². The van der Waals surface area contributed by atoms with E-state index in [-0.39, 0.29) is 18.4 Å². The summed E-state index contributed by atoms with van der Waals surface area (Å²) in [6.45, 7) is 3.18. The minimum Gasteiger partial charge on any atom is -0.370 e. The second-order valence-electron chi connectivity index (χ2n) is 7.00. The lowest BCUT2D eigenvalue weighted by atomic mass is 10.1. The minimum absolute atomic E-state index is 0.0647. The lowest BCUT2D eigenvalue weighted by Crippen LogP contribution is -2.41. The molecule has 1 saturated heterocycles. The Hall–Kier alpha value is -3.45. The van der Waals surface area contributed by atoms with Gasteiger partial charge in [0, 0.05) is 25.0 Å². The van der Waals surface area contributed by atoms with Gasteiger partial charge in [0.25, 0.3) is 11.8 Å². The molecule has 1 fully saturated rings. The molecule has 29 heavy (non-hydrogen) atoms. The quantitative estimate of drug-likeness (QED) is 0.743. The van der Waals surface area contributed by atoms with Crippen LogP contribution >= 0.6 is 0 Å². The Morgan fingerprint density at radius 1 is 1.10 bits per heavy atom. The van der Waals surface area contributed by atoms with Crippen molar-refractivity contribution in [2.24, 2.45) is 7.05 Å². The summed E-state index contributed by atoms with van der Waals surface area (Å²) >= 11 is 0. The molecule has 1 aromatic heterocycles. The van der Waals surface area contributed by atoms with E-state index in [0.717, 1.165) is 16.9 Å². The highest BCUT2D eigenvalue weighted by Crippen LogP contribution is 2.22. The molecule has 2 aromatic carbocycles. The zero-order valence-electron chi connectivity index (χ0n) is 16.4. The smallest absolute Gasteiger partial charge is 0.276 e. The summed E-state index contributed by atoms with van der Waals surface area (Å²) in [7, 11) is 1.82. The molecule has 7 heteroatoms. The summed E-state index contributed by atoms with van der Waals surface area (Å²) in [6.07, 6.45) is 0. The van der Waals surface area contributed by atoms with E-state index >= 15 is 0 Å². The van der Waals surface area contributed by atoms with Crippen molar-refractivity contribution in [1.82, 2.24) is 9.78 Å². The SMILES string of the molecule is Cc1ccc(-c2cc(C(=O)Nc3ccc(N4CCOCC4=O)cc3)nn2C)cc1. The standard InChI is InChI=1S/C22H22N4O3/c1-15-3-5-16(6-4-15)20-13-19(24-25(20)2)22(28)23-17-7-9-18(10-8-17)26-11-12-29-14-21(26)27/h3-10,13H,11-12,14H2,1-2H3,(H,23,28). The summed E-state index contributed by atoms with van der Waals surface area (Å²) in [5, 5.41) is 7.20. The molecule has 4 rings (SSSR count). The van der Waals surface area contributed by atoms with E-state index in [1.54, 1.807) is 27.8 Å². The Morgan fingerprint density at radius 2 is 1.83 bits per heavy atom. The number of carbonyl (C=O) groups is 2. The van der Waals surface area contributed by atoms with Crippen LogP contribution in [0.5, 0.6) is 0 Å². The van der Waals surface area contributed by atoms with Crippen molar-refractivity contribution in [2.45, 2.75) is 6.92 Å². The maximum atomic E-state index is 12.6.